The number of ether oxygens (including phenoxy) is 2. The maximum atomic E-state index is 13.1. The van der Waals surface area contributed by atoms with E-state index in [0.29, 0.717) is 32.7 Å². The van der Waals surface area contributed by atoms with Crippen LogP contribution in [-0.4, -0.2) is 60.2 Å². The maximum absolute atomic E-state index is 13.1. The summed E-state index contributed by atoms with van der Waals surface area (Å²) in [4.78, 5) is 27.3. The number of allylic oxidation sites excluding steroid dienone is 2. The highest BCUT2D eigenvalue weighted by molar-refractivity contribution is 7.13. The van der Waals surface area contributed by atoms with Crippen LogP contribution >= 0.6 is 11.3 Å². The van der Waals surface area contributed by atoms with Gasteiger partial charge in [0.15, 0.2) is 5.78 Å². The molecule has 2 aliphatic rings. The fourth-order valence-electron chi connectivity index (χ4n) is 4.91. The monoisotopic (exact) mass is 483 g/mol. The van der Waals surface area contributed by atoms with Crippen LogP contribution in [0.4, 0.5) is 0 Å². The first-order chi connectivity index (χ1) is 16.6. The van der Waals surface area contributed by atoms with Crippen LogP contribution < -0.4 is 0 Å². The van der Waals surface area contributed by atoms with E-state index in [2.05, 4.69) is 28.5 Å². The number of hydrogen-bond acceptors (Lipinski definition) is 6. The quantitative estimate of drug-likeness (QED) is 0.463. The van der Waals surface area contributed by atoms with Crippen molar-refractivity contribution in [2.45, 2.75) is 50.9 Å². The Kier molecular flexibility index (Phi) is 9.04. The van der Waals surface area contributed by atoms with Crippen LogP contribution in [0.15, 0.2) is 53.9 Å². The number of rotatable bonds is 11. The average Bonchev–Trinajstić information content (AvgIpc) is 3.45. The molecule has 1 aromatic carbocycles. The summed E-state index contributed by atoms with van der Waals surface area (Å²) in [5.41, 5.74) is 2.34. The van der Waals surface area contributed by atoms with Gasteiger partial charge in [-0.2, -0.15) is 0 Å². The van der Waals surface area contributed by atoms with E-state index in [0.717, 1.165) is 31.5 Å². The van der Waals surface area contributed by atoms with Crippen molar-refractivity contribution in [1.82, 2.24) is 4.90 Å². The second kappa shape index (κ2) is 12.4. The molecule has 0 amide bonds. The lowest BCUT2D eigenvalue weighted by Gasteiger charge is -2.35. The fourth-order valence-corrected chi connectivity index (χ4v) is 5.81. The van der Waals surface area contributed by atoms with E-state index >= 15 is 0 Å². The molecule has 7 heteroatoms. The Morgan fingerprint density at radius 2 is 1.94 bits per heavy atom. The van der Waals surface area contributed by atoms with Gasteiger partial charge in [0.1, 0.15) is 0 Å². The van der Waals surface area contributed by atoms with Crippen LogP contribution in [0.1, 0.15) is 37.7 Å². The van der Waals surface area contributed by atoms with E-state index in [1.54, 1.807) is 11.3 Å². The minimum absolute atomic E-state index is 0.104. The van der Waals surface area contributed by atoms with Gasteiger partial charge in [0.05, 0.1) is 32.0 Å². The van der Waals surface area contributed by atoms with Crippen LogP contribution in [0, 0.1) is 5.92 Å². The predicted molar refractivity (Wildman–Crippen MR) is 133 cm³/mol. The van der Waals surface area contributed by atoms with Gasteiger partial charge in [0.25, 0.3) is 0 Å². The van der Waals surface area contributed by atoms with E-state index in [-0.39, 0.29) is 30.3 Å². The molecule has 3 atom stereocenters. The summed E-state index contributed by atoms with van der Waals surface area (Å²) < 4.78 is 11.9. The molecule has 0 bridgehead atoms. The first-order valence-electron chi connectivity index (χ1n) is 12.1. The molecule has 2 aromatic rings. The molecular formula is C27H33NO5S. The number of Topliss-reactive ketones (excluding diaryl/α,β-unsaturated/α-hetero) is 1. The number of aliphatic carboxylic acids is 1. The summed E-state index contributed by atoms with van der Waals surface area (Å²) >= 11 is 1.71. The molecule has 0 unspecified atom stereocenters. The number of carbonyl (C=O) groups is 2. The molecule has 1 N–H and O–H groups in total. The van der Waals surface area contributed by atoms with E-state index in [1.165, 1.54) is 10.4 Å². The zero-order chi connectivity index (χ0) is 23.8. The number of carboxylic acid groups (broad SMARTS) is 1. The van der Waals surface area contributed by atoms with Crippen molar-refractivity contribution in [3.8, 4) is 10.4 Å². The molecule has 1 saturated heterocycles. The SMILES string of the molecule is O=C(O)CCC=CCC[C@H]1[C@@H](OCc2csc(-c3ccccc3)c2)CC(=O)[C@@H]1N1CCOCC1. The number of morpholine rings is 1. The summed E-state index contributed by atoms with van der Waals surface area (Å²) in [6, 6.07) is 12.4. The normalized spacial score (nSPS) is 23.6. The van der Waals surface area contributed by atoms with Crippen molar-refractivity contribution >= 4 is 23.1 Å². The molecule has 1 saturated carbocycles. The average molecular weight is 484 g/mol. The lowest BCUT2D eigenvalue weighted by Crippen LogP contribution is -2.49. The van der Waals surface area contributed by atoms with E-state index in [9.17, 15) is 9.59 Å². The molecule has 1 aliphatic carbocycles. The van der Waals surface area contributed by atoms with E-state index in [4.69, 9.17) is 14.6 Å². The summed E-state index contributed by atoms with van der Waals surface area (Å²) in [5.74, 6) is -0.389. The number of thiophene rings is 1. The van der Waals surface area contributed by atoms with Gasteiger partial charge in [-0.1, -0.05) is 42.5 Å². The van der Waals surface area contributed by atoms with E-state index in [1.807, 2.05) is 30.4 Å². The van der Waals surface area contributed by atoms with Gasteiger partial charge in [-0.15, -0.1) is 11.3 Å². The third-order valence-electron chi connectivity index (χ3n) is 6.59. The number of hydrogen-bond donors (Lipinski definition) is 1. The van der Waals surface area contributed by atoms with Gasteiger partial charge < -0.3 is 14.6 Å². The van der Waals surface area contributed by atoms with Crippen molar-refractivity contribution < 1.29 is 24.2 Å². The van der Waals surface area contributed by atoms with Crippen molar-refractivity contribution in [3.63, 3.8) is 0 Å². The van der Waals surface area contributed by atoms with E-state index < -0.39 is 5.97 Å². The highest BCUT2D eigenvalue weighted by atomic mass is 32.1. The smallest absolute Gasteiger partial charge is 0.303 e. The summed E-state index contributed by atoms with van der Waals surface area (Å²) in [6.07, 6.45) is 6.67. The number of ketones is 1. The lowest BCUT2D eigenvalue weighted by atomic mass is 9.93. The molecule has 34 heavy (non-hydrogen) atoms. The van der Waals surface area contributed by atoms with Crippen LogP contribution in [0.5, 0.6) is 0 Å². The van der Waals surface area contributed by atoms with Crippen LogP contribution in [0.25, 0.3) is 10.4 Å². The van der Waals surface area contributed by atoms with Crippen LogP contribution in [-0.2, 0) is 25.7 Å². The number of benzene rings is 1. The van der Waals surface area contributed by atoms with Crippen molar-refractivity contribution in [1.29, 1.82) is 0 Å². The molecule has 6 nitrogen and oxygen atoms in total. The van der Waals surface area contributed by atoms with Crippen LogP contribution in [0.2, 0.25) is 0 Å². The van der Waals surface area contributed by atoms with Gasteiger partial charge in [-0.3, -0.25) is 14.5 Å². The molecule has 1 aromatic heterocycles. The Morgan fingerprint density at radius 1 is 1.18 bits per heavy atom. The topological polar surface area (TPSA) is 76.1 Å². The molecular weight excluding hydrogens is 450 g/mol. The minimum atomic E-state index is -0.782. The highest BCUT2D eigenvalue weighted by Gasteiger charge is 2.45. The highest BCUT2D eigenvalue weighted by Crippen LogP contribution is 2.35. The zero-order valence-corrected chi connectivity index (χ0v) is 20.3. The third kappa shape index (κ3) is 6.63. The molecule has 0 spiro atoms. The summed E-state index contributed by atoms with van der Waals surface area (Å²) in [5, 5.41) is 10.9. The number of carbonyl (C=O) groups excluding carboxylic acids is 1. The van der Waals surface area contributed by atoms with Gasteiger partial charge >= 0.3 is 5.97 Å². The Bertz CT molecular complexity index is 966. The fraction of sp³-hybridized carbons (Fsp3) is 0.481. The lowest BCUT2D eigenvalue weighted by molar-refractivity contribution is -0.136. The first kappa shape index (κ1) is 24.8. The number of carboxylic acids is 1. The standard InChI is InChI=1S/C27H33NO5S/c29-23-17-24(33-18-20-16-25(34-19-20)21-8-4-3-5-9-21)22(10-6-1-2-7-11-26(30)31)27(23)28-12-14-32-15-13-28/h1-5,8-9,16,19,22,24,27H,6-7,10-15,17-18H2,(H,30,31)/t22-,24-,27+/m0/s1. The summed E-state index contributed by atoms with van der Waals surface area (Å²) in [7, 11) is 0. The minimum Gasteiger partial charge on any atom is -0.481 e. The Labute approximate surface area is 205 Å². The Hall–Kier alpha value is -2.32. The molecule has 182 valence electrons. The van der Waals surface area contributed by atoms with Gasteiger partial charge in [-0.25, -0.2) is 0 Å². The molecule has 1 aliphatic heterocycles. The van der Waals surface area contributed by atoms with Crippen molar-refractivity contribution in [2.75, 3.05) is 26.3 Å². The zero-order valence-electron chi connectivity index (χ0n) is 19.4. The van der Waals surface area contributed by atoms with Gasteiger partial charge in [-0.05, 0) is 41.8 Å². The number of nitrogens with zero attached hydrogens (tertiary/aromatic N) is 1. The second-order valence-electron chi connectivity index (χ2n) is 8.94. The van der Waals surface area contributed by atoms with Crippen molar-refractivity contribution in [2.24, 2.45) is 5.92 Å². The maximum Gasteiger partial charge on any atom is 0.303 e. The third-order valence-corrected chi connectivity index (χ3v) is 7.62. The molecule has 0 radical (unpaired) electrons. The van der Waals surface area contributed by atoms with Crippen LogP contribution in [0.3, 0.4) is 0 Å². The first-order valence-corrected chi connectivity index (χ1v) is 13.0. The summed E-state index contributed by atoms with van der Waals surface area (Å²) in [6.45, 7) is 3.38. The predicted octanol–water partition coefficient (Wildman–Crippen LogP) is 4.79. The Balaban J connectivity index is 1.39. The molecule has 2 heterocycles. The second-order valence-corrected chi connectivity index (χ2v) is 9.85. The van der Waals surface area contributed by atoms with Gasteiger partial charge in [0, 0.05) is 36.7 Å². The van der Waals surface area contributed by atoms with Gasteiger partial charge in [0.2, 0.25) is 0 Å². The molecule has 4 rings (SSSR count). The Morgan fingerprint density at radius 3 is 2.71 bits per heavy atom. The van der Waals surface area contributed by atoms with Crippen molar-refractivity contribution in [3.05, 3.63) is 59.5 Å². The molecule has 2 fully saturated rings. The largest absolute Gasteiger partial charge is 0.481 e.